The standard InChI is InChI=1S/C28H39N6O11P/c1-6-41-20(35)14-43-46(39,33-18(25(37)44-16(2)3)12-17-10-8-7-9-11-17)42-13-19-22(36)28(4,38)26(45-19)34-15-30-21-23(34)31-27(29)32-24(21)40-5/h7-11,15-16,18-19,22,26,36,38H,6,12-14H2,1-5H3,(H,33,39)(H2,29,31,32)/t18-,19-,22-,26-,28-,46?/m1/s1. The average Bonchev–Trinajstić information content (AvgIpc) is 3.51. The highest BCUT2D eigenvalue weighted by atomic mass is 31.2. The zero-order chi connectivity index (χ0) is 33.6. The first-order chi connectivity index (χ1) is 21.8. The van der Waals surface area contributed by atoms with Crippen molar-refractivity contribution in [1.82, 2.24) is 24.6 Å². The maximum absolute atomic E-state index is 14.1. The topological polar surface area (TPSA) is 229 Å². The molecule has 18 heteroatoms. The number of imidazole rings is 1. The van der Waals surface area contributed by atoms with Gasteiger partial charge in [0.25, 0.3) is 0 Å². The van der Waals surface area contributed by atoms with E-state index in [9.17, 15) is 24.4 Å². The van der Waals surface area contributed by atoms with E-state index in [0.29, 0.717) is 5.56 Å². The SMILES string of the molecule is CCOC(=O)COP(=O)(N[C@H](Cc1ccccc1)C(=O)OC(C)C)OC[C@H]1O[C@@H](n2cnc3c(OC)nc(N)nc32)[C@](C)(O)[C@@H]1O. The highest BCUT2D eigenvalue weighted by Crippen LogP contribution is 2.47. The molecule has 17 nitrogen and oxygen atoms in total. The predicted octanol–water partition coefficient (Wildman–Crippen LogP) is 1.28. The lowest BCUT2D eigenvalue weighted by Crippen LogP contribution is -2.44. The number of anilines is 1. The number of aliphatic hydroxyl groups is 2. The van der Waals surface area contributed by atoms with E-state index in [1.165, 1.54) is 24.9 Å². The van der Waals surface area contributed by atoms with Crippen LogP contribution in [0, 0.1) is 0 Å². The van der Waals surface area contributed by atoms with Gasteiger partial charge in [-0.2, -0.15) is 9.97 Å². The second kappa shape index (κ2) is 14.8. The minimum absolute atomic E-state index is 0.0317. The van der Waals surface area contributed by atoms with Gasteiger partial charge in [0.1, 0.15) is 23.9 Å². The number of rotatable bonds is 15. The van der Waals surface area contributed by atoms with Gasteiger partial charge in [0.15, 0.2) is 24.0 Å². The molecule has 0 radical (unpaired) electrons. The Hall–Kier alpha value is -3.70. The molecular formula is C28H39N6O11P. The molecule has 6 atom stereocenters. The van der Waals surface area contributed by atoms with E-state index in [4.69, 9.17) is 33.7 Å². The molecule has 252 valence electrons. The van der Waals surface area contributed by atoms with Crippen LogP contribution in [0.3, 0.4) is 0 Å². The minimum atomic E-state index is -4.54. The second-order valence-electron chi connectivity index (χ2n) is 10.8. The fourth-order valence-corrected chi connectivity index (χ4v) is 6.18. The highest BCUT2D eigenvalue weighted by molar-refractivity contribution is 7.51. The number of benzene rings is 1. The molecule has 1 aliphatic rings. The molecule has 3 aromatic rings. The summed E-state index contributed by atoms with van der Waals surface area (Å²) in [6.07, 6.45) is -3.33. The second-order valence-corrected chi connectivity index (χ2v) is 12.6. The van der Waals surface area contributed by atoms with Gasteiger partial charge in [-0.15, -0.1) is 0 Å². The van der Waals surface area contributed by atoms with E-state index in [0.717, 1.165) is 0 Å². The summed E-state index contributed by atoms with van der Waals surface area (Å²) in [5.74, 6) is -1.62. The van der Waals surface area contributed by atoms with E-state index in [-0.39, 0.29) is 36.0 Å². The summed E-state index contributed by atoms with van der Waals surface area (Å²) in [5, 5.41) is 25.0. The van der Waals surface area contributed by atoms with Gasteiger partial charge in [-0.1, -0.05) is 30.3 Å². The smallest absolute Gasteiger partial charge is 0.406 e. The Morgan fingerprint density at radius 3 is 2.59 bits per heavy atom. The average molecular weight is 667 g/mol. The molecule has 46 heavy (non-hydrogen) atoms. The van der Waals surface area contributed by atoms with Crippen molar-refractivity contribution >= 4 is 36.8 Å². The van der Waals surface area contributed by atoms with Crippen LogP contribution in [0.4, 0.5) is 5.95 Å². The van der Waals surface area contributed by atoms with Crippen molar-refractivity contribution in [1.29, 1.82) is 0 Å². The van der Waals surface area contributed by atoms with Crippen molar-refractivity contribution in [2.75, 3.05) is 32.7 Å². The molecule has 0 bridgehead atoms. The van der Waals surface area contributed by atoms with Crippen LogP contribution in [-0.2, 0) is 43.8 Å². The Kier molecular flexibility index (Phi) is 11.3. The molecular weight excluding hydrogens is 627 g/mol. The van der Waals surface area contributed by atoms with Crippen LogP contribution in [-0.4, -0.2) is 98.6 Å². The largest absolute Gasteiger partial charge is 0.479 e. The maximum atomic E-state index is 14.1. The third-order valence-corrected chi connectivity index (χ3v) is 8.49. The van der Waals surface area contributed by atoms with E-state index >= 15 is 0 Å². The highest BCUT2D eigenvalue weighted by Gasteiger charge is 2.54. The third kappa shape index (κ3) is 8.17. The molecule has 1 aromatic carbocycles. The van der Waals surface area contributed by atoms with E-state index in [1.807, 2.05) is 0 Å². The van der Waals surface area contributed by atoms with Gasteiger partial charge in [0.2, 0.25) is 11.8 Å². The number of esters is 2. The first-order valence-corrected chi connectivity index (χ1v) is 16.0. The number of nitrogens with one attached hydrogen (secondary N) is 1. The van der Waals surface area contributed by atoms with Crippen molar-refractivity contribution in [2.45, 2.75) is 70.3 Å². The summed E-state index contributed by atoms with van der Waals surface area (Å²) in [6, 6.07) is 7.64. The normalized spacial score (nSPS) is 23.3. The minimum Gasteiger partial charge on any atom is -0.479 e. The number of methoxy groups -OCH3 is 1. The van der Waals surface area contributed by atoms with Gasteiger partial charge in [-0.25, -0.2) is 19.4 Å². The van der Waals surface area contributed by atoms with Crippen molar-refractivity contribution in [3.05, 3.63) is 42.2 Å². The summed E-state index contributed by atoms with van der Waals surface area (Å²) >= 11 is 0. The van der Waals surface area contributed by atoms with Gasteiger partial charge in [0, 0.05) is 0 Å². The number of carbonyl (C=O) groups is 2. The quantitative estimate of drug-likeness (QED) is 0.132. The Balaban J connectivity index is 1.58. The van der Waals surface area contributed by atoms with Crippen molar-refractivity contribution in [2.24, 2.45) is 0 Å². The monoisotopic (exact) mass is 666 g/mol. The summed E-state index contributed by atoms with van der Waals surface area (Å²) in [7, 11) is -3.16. The fourth-order valence-electron chi connectivity index (χ4n) is 4.76. The summed E-state index contributed by atoms with van der Waals surface area (Å²) in [5.41, 5.74) is 4.95. The lowest BCUT2D eigenvalue weighted by atomic mass is 9.96. The van der Waals surface area contributed by atoms with Crippen molar-refractivity contribution in [3.8, 4) is 5.88 Å². The molecule has 1 unspecified atom stereocenters. The zero-order valence-corrected chi connectivity index (χ0v) is 27.0. The number of aromatic nitrogens is 4. The van der Waals surface area contributed by atoms with Gasteiger partial charge in [-0.3, -0.25) is 18.4 Å². The third-order valence-electron chi connectivity index (χ3n) is 6.91. The van der Waals surface area contributed by atoms with Gasteiger partial charge < -0.3 is 34.9 Å². The summed E-state index contributed by atoms with van der Waals surface area (Å²) in [6.45, 7) is 4.87. The fraction of sp³-hybridized carbons (Fsp3) is 0.536. The molecule has 0 amide bonds. The number of nitrogen functional groups attached to an aromatic ring is 1. The number of nitrogens with zero attached hydrogens (tertiary/aromatic N) is 4. The molecule has 0 saturated carbocycles. The van der Waals surface area contributed by atoms with Gasteiger partial charge >= 0.3 is 19.7 Å². The van der Waals surface area contributed by atoms with Crippen molar-refractivity contribution < 1.29 is 52.4 Å². The van der Waals surface area contributed by atoms with Gasteiger partial charge in [0.05, 0.1) is 32.8 Å². The Bertz CT molecular complexity index is 1550. The number of hydrogen-bond acceptors (Lipinski definition) is 15. The van der Waals surface area contributed by atoms with Crippen LogP contribution in [0.2, 0.25) is 0 Å². The van der Waals surface area contributed by atoms with Crippen LogP contribution >= 0.6 is 7.75 Å². The Labute approximate surface area is 264 Å². The van der Waals surface area contributed by atoms with Crippen LogP contribution in [0.1, 0.15) is 39.5 Å². The first kappa shape index (κ1) is 35.2. The Morgan fingerprint density at radius 2 is 1.93 bits per heavy atom. The lowest BCUT2D eigenvalue weighted by Gasteiger charge is -2.27. The molecule has 0 spiro atoms. The summed E-state index contributed by atoms with van der Waals surface area (Å²) < 4.78 is 47.9. The van der Waals surface area contributed by atoms with Gasteiger partial charge in [-0.05, 0) is 39.7 Å². The molecule has 4 rings (SSSR count). The number of fused-ring (bicyclic) bond motifs is 1. The lowest BCUT2D eigenvalue weighted by molar-refractivity contribution is -0.149. The van der Waals surface area contributed by atoms with Crippen LogP contribution < -0.4 is 15.6 Å². The maximum Gasteiger partial charge on any atom is 0.406 e. The van der Waals surface area contributed by atoms with Crippen molar-refractivity contribution in [3.63, 3.8) is 0 Å². The number of nitrogens with two attached hydrogens (primary N) is 1. The predicted molar refractivity (Wildman–Crippen MR) is 161 cm³/mol. The van der Waals surface area contributed by atoms with Crippen LogP contribution in [0.25, 0.3) is 11.2 Å². The molecule has 5 N–H and O–H groups in total. The molecule has 2 aromatic heterocycles. The number of aliphatic hydroxyl groups excluding tert-OH is 1. The molecule has 1 fully saturated rings. The van der Waals surface area contributed by atoms with E-state index in [2.05, 4.69) is 20.0 Å². The number of carbonyl (C=O) groups excluding carboxylic acids is 2. The number of hydrogen-bond donors (Lipinski definition) is 4. The van der Waals surface area contributed by atoms with Crippen LogP contribution in [0.15, 0.2) is 36.7 Å². The number of ether oxygens (including phenoxy) is 4. The Morgan fingerprint density at radius 1 is 1.22 bits per heavy atom. The molecule has 0 aliphatic carbocycles. The molecule has 3 heterocycles. The van der Waals surface area contributed by atoms with Crippen LogP contribution in [0.5, 0.6) is 5.88 Å². The zero-order valence-electron chi connectivity index (χ0n) is 26.1. The molecule has 1 aliphatic heterocycles. The van der Waals surface area contributed by atoms with E-state index < -0.39 is 69.1 Å². The van der Waals surface area contributed by atoms with E-state index in [1.54, 1.807) is 51.1 Å². The molecule has 1 saturated heterocycles. The first-order valence-electron chi connectivity index (χ1n) is 14.4. The summed E-state index contributed by atoms with van der Waals surface area (Å²) in [4.78, 5) is 37.6.